The molecule has 21 heavy (non-hydrogen) atoms. The molecule has 0 bridgehead atoms. The lowest BCUT2D eigenvalue weighted by Gasteiger charge is -2.15. The van der Waals surface area contributed by atoms with Crippen molar-refractivity contribution in [3.63, 3.8) is 0 Å². The summed E-state index contributed by atoms with van der Waals surface area (Å²) in [7, 11) is 0.794. The van der Waals surface area contributed by atoms with E-state index >= 15 is 0 Å². The van der Waals surface area contributed by atoms with E-state index in [4.69, 9.17) is 21.2 Å². The second kappa shape index (κ2) is 6.58. The number of ether oxygens (including phenoxy) is 1. The minimum absolute atomic E-state index is 0.0573. The fourth-order valence-corrected chi connectivity index (χ4v) is 2.75. The van der Waals surface area contributed by atoms with Crippen molar-refractivity contribution >= 4 is 47.6 Å². The van der Waals surface area contributed by atoms with Gasteiger partial charge < -0.3 is 10.5 Å². The smallest absolute Gasteiger partial charge is 0.318 e. The van der Waals surface area contributed by atoms with E-state index < -0.39 is 37.8 Å². The van der Waals surface area contributed by atoms with Crippen LogP contribution in [0.2, 0.25) is 0 Å². The van der Waals surface area contributed by atoms with Crippen molar-refractivity contribution < 1.29 is 27.1 Å². The van der Waals surface area contributed by atoms with Crippen LogP contribution in [0.1, 0.15) is 6.92 Å². The summed E-state index contributed by atoms with van der Waals surface area (Å²) in [4.78, 5) is 21.2. The molecular weight excluding hydrogens is 395 g/mol. The largest absolute Gasteiger partial charge is 0.480 e. The van der Waals surface area contributed by atoms with Crippen LogP contribution in [-0.4, -0.2) is 26.5 Å². The van der Waals surface area contributed by atoms with Crippen LogP contribution in [-0.2, 0) is 13.8 Å². The van der Waals surface area contributed by atoms with Gasteiger partial charge >= 0.3 is 6.03 Å². The first-order valence-electron chi connectivity index (χ1n) is 5.23. The van der Waals surface area contributed by atoms with Crippen LogP contribution in [0.3, 0.4) is 0 Å². The number of benzene rings is 1. The highest BCUT2D eigenvalue weighted by Crippen LogP contribution is 2.32. The lowest BCUT2D eigenvalue weighted by molar-refractivity contribution is -0.126. The molecule has 0 aromatic heterocycles. The summed E-state index contributed by atoms with van der Waals surface area (Å²) in [5.41, 5.74) is 4.77. The molecule has 0 aliphatic rings. The van der Waals surface area contributed by atoms with Crippen LogP contribution in [0.5, 0.6) is 5.75 Å². The van der Waals surface area contributed by atoms with Gasteiger partial charge in [-0.05, 0) is 28.9 Å². The van der Waals surface area contributed by atoms with Gasteiger partial charge in [0.05, 0.1) is 4.47 Å². The first kappa shape index (κ1) is 17.7. The van der Waals surface area contributed by atoms with E-state index in [9.17, 15) is 22.4 Å². The molecule has 11 heteroatoms. The third-order valence-corrected chi connectivity index (χ3v) is 4.13. The molecule has 1 aromatic carbocycles. The van der Waals surface area contributed by atoms with Gasteiger partial charge in [0, 0.05) is 16.7 Å². The second-order valence-corrected chi connectivity index (χ2v) is 7.15. The van der Waals surface area contributed by atoms with Crippen LogP contribution >= 0.6 is 26.6 Å². The van der Waals surface area contributed by atoms with Crippen molar-refractivity contribution in [2.45, 2.75) is 17.9 Å². The summed E-state index contributed by atoms with van der Waals surface area (Å²) >= 11 is 2.96. The normalized spacial score (nSPS) is 12.6. The quantitative estimate of drug-likeness (QED) is 0.739. The molecule has 0 aliphatic heterocycles. The van der Waals surface area contributed by atoms with Gasteiger partial charge in [-0.25, -0.2) is 17.6 Å². The Morgan fingerprint density at radius 1 is 1.48 bits per heavy atom. The lowest BCUT2D eigenvalue weighted by Crippen LogP contribution is -2.42. The SMILES string of the molecule is CC(Oc1cc(F)c(S(=O)(=O)Cl)cc1Br)C(=O)NC(N)=O. The molecule has 0 heterocycles. The summed E-state index contributed by atoms with van der Waals surface area (Å²) in [5.74, 6) is -2.14. The molecule has 116 valence electrons. The Kier molecular flexibility index (Phi) is 5.54. The van der Waals surface area contributed by atoms with Crippen molar-refractivity contribution in [3.8, 4) is 5.75 Å². The van der Waals surface area contributed by atoms with E-state index in [1.54, 1.807) is 5.32 Å². The Bertz CT molecular complexity index is 697. The molecule has 0 saturated heterocycles. The van der Waals surface area contributed by atoms with Crippen molar-refractivity contribution in [2.75, 3.05) is 0 Å². The minimum atomic E-state index is -4.26. The van der Waals surface area contributed by atoms with E-state index in [2.05, 4.69) is 15.9 Å². The highest BCUT2D eigenvalue weighted by molar-refractivity contribution is 9.10. The fourth-order valence-electron chi connectivity index (χ4n) is 1.25. The van der Waals surface area contributed by atoms with Gasteiger partial charge in [-0.1, -0.05) is 0 Å². The maximum absolute atomic E-state index is 13.6. The van der Waals surface area contributed by atoms with Crippen LogP contribution in [0.15, 0.2) is 21.5 Å². The zero-order chi connectivity index (χ0) is 16.4. The van der Waals surface area contributed by atoms with Crippen molar-refractivity contribution in [1.29, 1.82) is 0 Å². The average molecular weight is 404 g/mol. The number of nitrogens with two attached hydrogens (primary N) is 1. The predicted molar refractivity (Wildman–Crippen MR) is 75.0 cm³/mol. The molecule has 0 radical (unpaired) electrons. The van der Waals surface area contributed by atoms with Gasteiger partial charge in [0.15, 0.2) is 6.10 Å². The number of imide groups is 1. The highest BCUT2D eigenvalue weighted by Gasteiger charge is 2.22. The molecule has 0 aliphatic carbocycles. The molecule has 1 atom stereocenters. The number of carbonyl (C=O) groups excluding carboxylic acids is 2. The fraction of sp³-hybridized carbons (Fsp3) is 0.200. The molecule has 0 spiro atoms. The van der Waals surface area contributed by atoms with Gasteiger partial charge in [0.2, 0.25) is 0 Å². The summed E-state index contributed by atoms with van der Waals surface area (Å²) in [6, 6.07) is 0.573. The monoisotopic (exact) mass is 402 g/mol. The Hall–Kier alpha value is -1.39. The molecule has 1 unspecified atom stereocenters. The first-order valence-corrected chi connectivity index (χ1v) is 8.33. The molecular formula is C10H9BrClFN2O5S. The predicted octanol–water partition coefficient (Wildman–Crippen LogP) is 1.48. The number of carbonyl (C=O) groups is 2. The standard InChI is InChI=1S/C10H9BrClFN2O5S/c1-4(9(16)15-10(14)17)20-7-3-6(13)8(2-5(7)11)21(12,18)19/h2-4H,1H3,(H3,14,15,16,17). The van der Waals surface area contributed by atoms with E-state index in [1.807, 2.05) is 0 Å². The number of primary amides is 1. The molecule has 7 nitrogen and oxygen atoms in total. The van der Waals surface area contributed by atoms with Crippen molar-refractivity contribution in [3.05, 3.63) is 22.4 Å². The summed E-state index contributed by atoms with van der Waals surface area (Å²) < 4.78 is 41.1. The summed E-state index contributed by atoms with van der Waals surface area (Å²) in [6.45, 7) is 1.29. The minimum Gasteiger partial charge on any atom is -0.480 e. The number of amides is 3. The van der Waals surface area contributed by atoms with Crippen LogP contribution in [0.25, 0.3) is 0 Å². The summed E-state index contributed by atoms with van der Waals surface area (Å²) in [6.07, 6.45) is -1.17. The Morgan fingerprint density at radius 2 is 2.05 bits per heavy atom. The van der Waals surface area contributed by atoms with Crippen molar-refractivity contribution in [1.82, 2.24) is 5.32 Å². The van der Waals surface area contributed by atoms with Gasteiger partial charge in [0.1, 0.15) is 16.5 Å². The third kappa shape index (κ3) is 4.83. The molecule has 3 N–H and O–H groups in total. The average Bonchev–Trinajstić information content (AvgIpc) is 2.30. The Morgan fingerprint density at radius 3 is 2.52 bits per heavy atom. The Balaban J connectivity index is 3.03. The van der Waals surface area contributed by atoms with Crippen molar-refractivity contribution in [2.24, 2.45) is 5.73 Å². The summed E-state index contributed by atoms with van der Waals surface area (Å²) in [5, 5.41) is 1.78. The van der Waals surface area contributed by atoms with E-state index in [0.717, 1.165) is 12.1 Å². The van der Waals surface area contributed by atoms with Gasteiger partial charge in [0.25, 0.3) is 15.0 Å². The maximum atomic E-state index is 13.6. The Labute approximate surface area is 132 Å². The highest BCUT2D eigenvalue weighted by atomic mass is 79.9. The third-order valence-electron chi connectivity index (χ3n) is 2.17. The number of rotatable bonds is 4. The number of urea groups is 1. The van der Waals surface area contributed by atoms with Crippen LogP contribution < -0.4 is 15.8 Å². The number of hydrogen-bond acceptors (Lipinski definition) is 5. The molecule has 1 aromatic rings. The van der Waals surface area contributed by atoms with Gasteiger partial charge in [-0.2, -0.15) is 0 Å². The van der Waals surface area contributed by atoms with Gasteiger partial charge in [-0.15, -0.1) is 0 Å². The maximum Gasteiger partial charge on any atom is 0.318 e. The molecule has 0 fully saturated rings. The number of hydrogen-bond donors (Lipinski definition) is 2. The van der Waals surface area contributed by atoms with Gasteiger partial charge in [-0.3, -0.25) is 10.1 Å². The van der Waals surface area contributed by atoms with E-state index in [-0.39, 0.29) is 10.2 Å². The zero-order valence-electron chi connectivity index (χ0n) is 10.4. The van der Waals surface area contributed by atoms with E-state index in [1.165, 1.54) is 6.92 Å². The second-order valence-electron chi connectivity index (χ2n) is 3.76. The molecule has 3 amide bonds. The van der Waals surface area contributed by atoms with Crippen LogP contribution in [0.4, 0.5) is 9.18 Å². The lowest BCUT2D eigenvalue weighted by atomic mass is 10.3. The van der Waals surface area contributed by atoms with Crippen LogP contribution in [0, 0.1) is 5.82 Å². The number of halogens is 3. The topological polar surface area (TPSA) is 116 Å². The molecule has 1 rings (SSSR count). The van der Waals surface area contributed by atoms with E-state index in [0.29, 0.717) is 0 Å². The molecule has 0 saturated carbocycles. The first-order chi connectivity index (χ1) is 9.52. The number of nitrogens with one attached hydrogen (secondary N) is 1. The zero-order valence-corrected chi connectivity index (χ0v) is 13.6.